The fraction of sp³-hybridized carbons (Fsp3) is 0.0526. The van der Waals surface area contributed by atoms with Gasteiger partial charge in [-0.2, -0.15) is 0 Å². The van der Waals surface area contributed by atoms with Crippen LogP contribution in [0.5, 0.6) is 0 Å². The zero-order valence-corrected chi connectivity index (χ0v) is 33.1. The Kier molecular flexibility index (Phi) is 6.10. The summed E-state index contributed by atoms with van der Waals surface area (Å²) < 4.78 is 11.7. The lowest BCUT2D eigenvalue weighted by molar-refractivity contribution is 0.662. The number of hydrogen-bond donors (Lipinski definition) is 0. The third-order valence-electron chi connectivity index (χ3n) is 13.9. The van der Waals surface area contributed by atoms with Crippen LogP contribution in [-0.2, 0) is 5.41 Å². The van der Waals surface area contributed by atoms with E-state index in [0.29, 0.717) is 0 Å². The van der Waals surface area contributed by atoms with E-state index in [1.54, 1.807) is 0 Å². The van der Waals surface area contributed by atoms with E-state index in [-0.39, 0.29) is 5.41 Å². The molecule has 0 unspecified atom stereocenters. The summed E-state index contributed by atoms with van der Waals surface area (Å²) in [5.74, 6) is 0. The third-order valence-corrected chi connectivity index (χ3v) is 13.9. The van der Waals surface area contributed by atoms with Crippen LogP contribution in [0.1, 0.15) is 25.0 Å². The maximum Gasteiger partial charge on any atom is 0.159 e. The van der Waals surface area contributed by atoms with Gasteiger partial charge in [-0.25, -0.2) is 0 Å². The van der Waals surface area contributed by atoms with Crippen molar-refractivity contribution in [1.82, 2.24) is 9.13 Å². The van der Waals surface area contributed by atoms with E-state index in [9.17, 15) is 0 Å². The number of furan rings is 1. The van der Waals surface area contributed by atoms with Gasteiger partial charge < -0.3 is 13.6 Å². The lowest BCUT2D eigenvalue weighted by Gasteiger charge is -2.22. The lowest BCUT2D eigenvalue weighted by atomic mass is 9.81. The average molecular weight is 765 g/mol. The summed E-state index contributed by atoms with van der Waals surface area (Å²) in [6.45, 7) is 4.82. The molecule has 0 fully saturated rings. The second-order valence-corrected chi connectivity index (χ2v) is 17.2. The van der Waals surface area contributed by atoms with Crippen LogP contribution < -0.4 is 0 Å². The summed E-state index contributed by atoms with van der Waals surface area (Å²) in [6.07, 6.45) is 0. The summed E-state index contributed by atoms with van der Waals surface area (Å²) >= 11 is 0. The highest BCUT2D eigenvalue weighted by Gasteiger charge is 2.37. The van der Waals surface area contributed by atoms with E-state index in [2.05, 4.69) is 205 Å². The van der Waals surface area contributed by atoms with Crippen LogP contribution in [0, 0.1) is 0 Å². The molecule has 14 rings (SSSR count). The van der Waals surface area contributed by atoms with E-state index in [1.165, 1.54) is 92.7 Å². The molecule has 3 heteroatoms. The predicted octanol–water partition coefficient (Wildman–Crippen LogP) is 15.5. The summed E-state index contributed by atoms with van der Waals surface area (Å²) in [7, 11) is 0. The number of nitrogens with zero attached hydrogens (tertiary/aromatic N) is 2. The zero-order chi connectivity index (χ0) is 39.4. The van der Waals surface area contributed by atoms with Crippen LogP contribution in [0.4, 0.5) is 0 Å². The Hall–Kier alpha value is -7.62. The van der Waals surface area contributed by atoms with E-state index in [1.807, 2.05) is 0 Å². The largest absolute Gasteiger partial charge is 0.454 e. The molecular formula is C57H36N2O. The van der Waals surface area contributed by atoms with Gasteiger partial charge in [0, 0.05) is 43.4 Å². The topological polar surface area (TPSA) is 23.0 Å². The standard InChI is InChI=1S/C57H36N2O/c1-57(2)48-30-44-37-17-6-4-15-35(37)34-14-3-5-16-36(34)43(44)29-45(48)46-32-54-47(31-49(46)57)40-27-26-33(58-50-22-10-7-18-38(50)39-19-8-11-23-51(39)58)28-53(40)59(54)52-24-13-21-42-41-20-9-12-25-55(41)60-56(42)52/h3-32H,1-2H3. The molecule has 10 aromatic carbocycles. The normalized spacial score (nSPS) is 13.6. The second kappa shape index (κ2) is 11.3. The van der Waals surface area contributed by atoms with Gasteiger partial charge in [0.2, 0.25) is 0 Å². The molecule has 0 saturated heterocycles. The lowest BCUT2D eigenvalue weighted by Crippen LogP contribution is -2.15. The molecule has 0 amide bonds. The molecule has 3 aromatic heterocycles. The molecule has 0 saturated carbocycles. The molecule has 280 valence electrons. The van der Waals surface area contributed by atoms with Gasteiger partial charge in [0.15, 0.2) is 5.58 Å². The summed E-state index contributed by atoms with van der Waals surface area (Å²) in [5.41, 5.74) is 13.8. The molecule has 0 bridgehead atoms. The second-order valence-electron chi connectivity index (χ2n) is 17.2. The first-order valence-corrected chi connectivity index (χ1v) is 20.9. The molecule has 0 spiro atoms. The van der Waals surface area contributed by atoms with Crippen molar-refractivity contribution in [1.29, 1.82) is 0 Å². The van der Waals surface area contributed by atoms with Crippen molar-refractivity contribution in [3.63, 3.8) is 0 Å². The Labute approximate surface area is 344 Å². The number of para-hydroxylation sites is 4. The van der Waals surface area contributed by atoms with Crippen molar-refractivity contribution in [2.24, 2.45) is 0 Å². The van der Waals surface area contributed by atoms with E-state index in [4.69, 9.17) is 4.42 Å². The number of benzene rings is 10. The van der Waals surface area contributed by atoms with Crippen molar-refractivity contribution < 1.29 is 4.42 Å². The molecule has 60 heavy (non-hydrogen) atoms. The van der Waals surface area contributed by atoms with Gasteiger partial charge >= 0.3 is 0 Å². The summed E-state index contributed by atoms with van der Waals surface area (Å²) in [5, 5.41) is 15.0. The Morgan fingerprint density at radius 3 is 1.53 bits per heavy atom. The fourth-order valence-electron chi connectivity index (χ4n) is 11.1. The van der Waals surface area contributed by atoms with Gasteiger partial charge in [-0.05, 0) is 115 Å². The van der Waals surface area contributed by atoms with E-state index >= 15 is 0 Å². The molecule has 0 atom stereocenters. The van der Waals surface area contributed by atoms with Crippen LogP contribution in [0.3, 0.4) is 0 Å². The van der Waals surface area contributed by atoms with Gasteiger partial charge in [0.25, 0.3) is 0 Å². The summed E-state index contributed by atoms with van der Waals surface area (Å²) in [6, 6.07) is 67.4. The first-order valence-electron chi connectivity index (χ1n) is 20.9. The third kappa shape index (κ3) is 4.04. The molecule has 1 aliphatic rings. The molecule has 3 heterocycles. The monoisotopic (exact) mass is 764 g/mol. The Morgan fingerprint density at radius 1 is 0.350 bits per heavy atom. The minimum Gasteiger partial charge on any atom is -0.454 e. The minimum absolute atomic E-state index is 0.212. The smallest absolute Gasteiger partial charge is 0.159 e. The first kappa shape index (κ1) is 32.3. The number of hydrogen-bond acceptors (Lipinski definition) is 1. The highest BCUT2D eigenvalue weighted by molar-refractivity contribution is 6.26. The molecule has 0 radical (unpaired) electrons. The van der Waals surface area contributed by atoms with Crippen LogP contribution in [0.2, 0.25) is 0 Å². The summed E-state index contributed by atoms with van der Waals surface area (Å²) in [4.78, 5) is 0. The van der Waals surface area contributed by atoms with Crippen molar-refractivity contribution in [2.45, 2.75) is 19.3 Å². The van der Waals surface area contributed by atoms with Gasteiger partial charge in [-0.1, -0.05) is 135 Å². The van der Waals surface area contributed by atoms with Gasteiger partial charge in [0.05, 0.1) is 27.8 Å². The molecule has 13 aromatic rings. The Balaban J connectivity index is 1.11. The maximum absolute atomic E-state index is 6.80. The van der Waals surface area contributed by atoms with Crippen LogP contribution in [0.25, 0.3) is 120 Å². The van der Waals surface area contributed by atoms with Gasteiger partial charge in [-0.15, -0.1) is 0 Å². The molecule has 0 aliphatic heterocycles. The minimum atomic E-state index is -0.212. The quantitative estimate of drug-likeness (QED) is 0.161. The first-order chi connectivity index (χ1) is 29.5. The highest BCUT2D eigenvalue weighted by Crippen LogP contribution is 2.54. The average Bonchev–Trinajstić information content (AvgIpc) is 4.00. The van der Waals surface area contributed by atoms with Gasteiger partial charge in [0.1, 0.15) is 5.58 Å². The molecule has 3 nitrogen and oxygen atoms in total. The molecule has 0 N–H and O–H groups in total. The molecular weight excluding hydrogens is 729 g/mol. The highest BCUT2D eigenvalue weighted by atomic mass is 16.3. The predicted molar refractivity (Wildman–Crippen MR) is 252 cm³/mol. The maximum atomic E-state index is 6.80. The van der Waals surface area contributed by atoms with Crippen molar-refractivity contribution in [3.05, 3.63) is 193 Å². The molecule has 1 aliphatic carbocycles. The van der Waals surface area contributed by atoms with Crippen LogP contribution in [0.15, 0.2) is 186 Å². The number of fused-ring (bicyclic) bond motifs is 18. The number of aromatic nitrogens is 2. The van der Waals surface area contributed by atoms with Crippen molar-refractivity contribution in [3.8, 4) is 22.5 Å². The van der Waals surface area contributed by atoms with E-state index in [0.717, 1.165) is 38.8 Å². The SMILES string of the molecule is CC1(C)c2cc3c4ccccc4c4ccccc4c3cc2-c2cc3c(cc21)c1ccc(-n2c4ccccc4c4ccccc42)cc1n3-c1cccc2c1oc1ccccc12. The van der Waals surface area contributed by atoms with Crippen LogP contribution >= 0.6 is 0 Å². The zero-order valence-electron chi connectivity index (χ0n) is 33.1. The van der Waals surface area contributed by atoms with Gasteiger partial charge in [-0.3, -0.25) is 0 Å². The number of rotatable bonds is 2. The van der Waals surface area contributed by atoms with Crippen LogP contribution in [-0.4, -0.2) is 9.13 Å². The fourth-order valence-corrected chi connectivity index (χ4v) is 11.1. The van der Waals surface area contributed by atoms with Crippen molar-refractivity contribution >= 4 is 97.9 Å². The van der Waals surface area contributed by atoms with E-state index < -0.39 is 0 Å². The Bertz CT molecular complexity index is 3990. The van der Waals surface area contributed by atoms with Crippen molar-refractivity contribution in [2.75, 3.05) is 0 Å². The Morgan fingerprint density at radius 2 is 0.850 bits per heavy atom.